The van der Waals surface area contributed by atoms with E-state index in [0.717, 1.165) is 38.0 Å². The topological polar surface area (TPSA) is 34.4 Å². The summed E-state index contributed by atoms with van der Waals surface area (Å²) in [6.45, 7) is 0. The van der Waals surface area contributed by atoms with E-state index in [0.29, 0.717) is 9.55 Å². The Balaban J connectivity index is 1.64. The predicted molar refractivity (Wildman–Crippen MR) is 143 cm³/mol. The molecule has 6 rings (SSSR count). The van der Waals surface area contributed by atoms with Gasteiger partial charge in [0, 0.05) is 14.2 Å². The summed E-state index contributed by atoms with van der Waals surface area (Å²) in [6, 6.07) is 24.2. The normalized spacial score (nSPS) is 17.3. The van der Waals surface area contributed by atoms with Gasteiger partial charge in [0.05, 0.1) is 16.3 Å². The van der Waals surface area contributed by atoms with Crippen LogP contribution in [0.5, 0.6) is 0 Å². The molecule has 1 aliphatic carbocycles. The highest BCUT2D eigenvalue weighted by atomic mass is 127. The summed E-state index contributed by atoms with van der Waals surface area (Å²) >= 11 is 9.96. The molecular formula is C27H18ClIN2OS. The van der Waals surface area contributed by atoms with Crippen molar-refractivity contribution in [3.05, 3.63) is 129 Å². The lowest BCUT2D eigenvalue weighted by atomic mass is 9.83. The molecule has 3 nitrogen and oxygen atoms in total. The summed E-state index contributed by atoms with van der Waals surface area (Å²) < 4.78 is 3.69. The Hall–Kier alpha value is -2.48. The third kappa shape index (κ3) is 3.63. The Kier molecular flexibility index (Phi) is 5.35. The van der Waals surface area contributed by atoms with Gasteiger partial charge < -0.3 is 0 Å². The maximum absolute atomic E-state index is 13.7. The third-order valence-corrected chi connectivity index (χ3v) is 8.47. The standard InChI is InChI=1S/C27H18ClIN2OS/c28-19-12-9-17(10-13-19)25-21-14-11-16-5-1-3-7-20(16)24(21)30-27-31(25)26(32)23(33-27)15-18-6-2-4-8-22(18)29/h1-10,12-13,15,25H,11,14H2. The van der Waals surface area contributed by atoms with Gasteiger partial charge in [-0.3, -0.25) is 9.36 Å². The Morgan fingerprint density at radius 3 is 2.58 bits per heavy atom. The molecule has 1 unspecified atom stereocenters. The van der Waals surface area contributed by atoms with Crippen LogP contribution in [-0.2, 0) is 6.42 Å². The van der Waals surface area contributed by atoms with E-state index >= 15 is 0 Å². The van der Waals surface area contributed by atoms with Crippen LogP contribution in [0.1, 0.15) is 34.7 Å². The van der Waals surface area contributed by atoms with E-state index in [4.69, 9.17) is 16.6 Å². The highest BCUT2D eigenvalue weighted by molar-refractivity contribution is 14.1. The highest BCUT2D eigenvalue weighted by Crippen LogP contribution is 2.41. The zero-order chi connectivity index (χ0) is 22.5. The van der Waals surface area contributed by atoms with Gasteiger partial charge in [-0.1, -0.05) is 77.5 Å². The minimum absolute atomic E-state index is 0.00348. The Bertz CT molecular complexity index is 1620. The number of nitrogens with zero attached hydrogens (tertiary/aromatic N) is 2. The number of thiazole rings is 1. The molecule has 0 saturated heterocycles. The van der Waals surface area contributed by atoms with E-state index in [-0.39, 0.29) is 11.6 Å². The van der Waals surface area contributed by atoms with E-state index in [9.17, 15) is 4.79 Å². The van der Waals surface area contributed by atoms with E-state index in [1.165, 1.54) is 28.0 Å². The molecule has 4 aromatic rings. The molecule has 1 aromatic heterocycles. The van der Waals surface area contributed by atoms with Crippen molar-refractivity contribution in [3.8, 4) is 0 Å². The molecule has 0 amide bonds. The van der Waals surface area contributed by atoms with Gasteiger partial charge in [-0.25, -0.2) is 4.99 Å². The van der Waals surface area contributed by atoms with E-state index in [1.807, 2.05) is 53.1 Å². The van der Waals surface area contributed by atoms with Gasteiger partial charge in [0.1, 0.15) is 0 Å². The highest BCUT2D eigenvalue weighted by Gasteiger charge is 2.32. The molecule has 3 aromatic carbocycles. The van der Waals surface area contributed by atoms with Gasteiger partial charge in [-0.2, -0.15) is 0 Å². The summed E-state index contributed by atoms with van der Waals surface area (Å²) in [6.07, 6.45) is 3.81. The number of aromatic nitrogens is 1. The molecule has 2 heterocycles. The van der Waals surface area contributed by atoms with Gasteiger partial charge in [0.2, 0.25) is 0 Å². The number of aryl methyl sites for hydroxylation is 1. The zero-order valence-corrected chi connectivity index (χ0v) is 21.2. The number of hydrogen-bond acceptors (Lipinski definition) is 3. The van der Waals surface area contributed by atoms with Crippen molar-refractivity contribution in [1.29, 1.82) is 0 Å². The summed E-state index contributed by atoms with van der Waals surface area (Å²) in [5, 5.41) is 0.688. The molecule has 1 atom stereocenters. The van der Waals surface area contributed by atoms with Crippen LogP contribution < -0.4 is 14.9 Å². The lowest BCUT2D eigenvalue weighted by Crippen LogP contribution is -2.38. The molecule has 33 heavy (non-hydrogen) atoms. The fraction of sp³-hybridized carbons (Fsp3) is 0.111. The second kappa shape index (κ2) is 8.38. The molecule has 162 valence electrons. The Morgan fingerprint density at radius 1 is 1.00 bits per heavy atom. The lowest BCUT2D eigenvalue weighted by molar-refractivity contribution is 0.585. The average molecular weight is 581 g/mol. The van der Waals surface area contributed by atoms with Crippen LogP contribution in [0.3, 0.4) is 0 Å². The first-order valence-electron chi connectivity index (χ1n) is 10.7. The maximum atomic E-state index is 13.7. The molecule has 2 aliphatic rings. The van der Waals surface area contributed by atoms with Crippen LogP contribution in [0.25, 0.3) is 11.8 Å². The van der Waals surface area contributed by atoms with Crippen molar-refractivity contribution in [3.63, 3.8) is 0 Å². The van der Waals surface area contributed by atoms with Crippen molar-refractivity contribution >= 4 is 57.3 Å². The van der Waals surface area contributed by atoms with Crippen LogP contribution in [0.4, 0.5) is 0 Å². The molecular weight excluding hydrogens is 563 g/mol. The molecule has 0 radical (unpaired) electrons. The SMILES string of the molecule is O=c1c(=Cc2ccccc2I)sc2n1C(c1ccc(Cl)cc1)C1=C(N=2)c2ccccc2CC1. The minimum Gasteiger partial charge on any atom is -0.272 e. The molecule has 0 saturated carbocycles. The second-order valence-corrected chi connectivity index (χ2v) is 10.8. The number of halogens is 2. The molecule has 1 aliphatic heterocycles. The average Bonchev–Trinajstić information content (AvgIpc) is 3.14. The lowest BCUT2D eigenvalue weighted by Gasteiger charge is -2.30. The number of rotatable bonds is 2. The Labute approximate surface area is 213 Å². The van der Waals surface area contributed by atoms with E-state index in [2.05, 4.69) is 52.9 Å². The first kappa shape index (κ1) is 21.1. The van der Waals surface area contributed by atoms with Crippen molar-refractivity contribution < 1.29 is 0 Å². The number of fused-ring (bicyclic) bond motifs is 3. The predicted octanol–water partition coefficient (Wildman–Crippen LogP) is 5.58. The van der Waals surface area contributed by atoms with Crippen LogP contribution in [0.2, 0.25) is 5.02 Å². The van der Waals surface area contributed by atoms with Crippen molar-refractivity contribution in [2.75, 3.05) is 0 Å². The van der Waals surface area contributed by atoms with Gasteiger partial charge in [-0.15, -0.1) is 0 Å². The van der Waals surface area contributed by atoms with Gasteiger partial charge in [0.15, 0.2) is 4.80 Å². The molecule has 6 heteroatoms. The molecule has 0 bridgehead atoms. The van der Waals surface area contributed by atoms with Crippen LogP contribution in [0, 0.1) is 3.57 Å². The summed E-state index contributed by atoms with van der Waals surface area (Å²) in [7, 11) is 0. The maximum Gasteiger partial charge on any atom is 0.271 e. The third-order valence-electron chi connectivity index (χ3n) is 6.25. The largest absolute Gasteiger partial charge is 0.272 e. The van der Waals surface area contributed by atoms with Crippen molar-refractivity contribution in [2.24, 2.45) is 4.99 Å². The van der Waals surface area contributed by atoms with Crippen molar-refractivity contribution in [2.45, 2.75) is 18.9 Å². The van der Waals surface area contributed by atoms with Crippen LogP contribution >= 0.6 is 45.5 Å². The monoisotopic (exact) mass is 580 g/mol. The number of allylic oxidation sites excluding steroid dienone is 1. The van der Waals surface area contributed by atoms with Gasteiger partial charge >= 0.3 is 0 Å². The fourth-order valence-corrected chi connectivity index (χ4v) is 6.36. The molecule has 0 spiro atoms. The summed E-state index contributed by atoms with van der Waals surface area (Å²) in [5.74, 6) is 0. The molecule has 0 N–H and O–H groups in total. The Morgan fingerprint density at radius 2 is 1.76 bits per heavy atom. The minimum atomic E-state index is -0.182. The number of benzene rings is 3. The molecule has 0 fully saturated rings. The smallest absolute Gasteiger partial charge is 0.271 e. The fourth-order valence-electron chi connectivity index (χ4n) is 4.70. The van der Waals surface area contributed by atoms with Crippen LogP contribution in [0.15, 0.2) is 88.2 Å². The van der Waals surface area contributed by atoms with Crippen LogP contribution in [-0.4, -0.2) is 4.57 Å². The van der Waals surface area contributed by atoms with E-state index in [1.54, 1.807) is 0 Å². The first-order chi connectivity index (χ1) is 16.1. The first-order valence-corrected chi connectivity index (χ1v) is 13.0. The summed E-state index contributed by atoms with van der Waals surface area (Å²) in [5.41, 5.74) is 6.80. The number of hydrogen-bond donors (Lipinski definition) is 0. The second-order valence-electron chi connectivity index (χ2n) is 8.19. The van der Waals surface area contributed by atoms with Crippen molar-refractivity contribution in [1.82, 2.24) is 4.57 Å². The van der Waals surface area contributed by atoms with E-state index < -0.39 is 0 Å². The summed E-state index contributed by atoms with van der Waals surface area (Å²) in [4.78, 5) is 19.5. The van der Waals surface area contributed by atoms with Gasteiger partial charge in [-0.05, 0) is 82.0 Å². The quantitative estimate of drug-likeness (QED) is 0.285. The zero-order valence-electron chi connectivity index (χ0n) is 17.5. The van der Waals surface area contributed by atoms with Gasteiger partial charge in [0.25, 0.3) is 5.56 Å².